The van der Waals surface area contributed by atoms with Gasteiger partial charge in [0.1, 0.15) is 134 Å². The maximum absolute atomic E-state index is 13.7. The van der Waals surface area contributed by atoms with E-state index in [1.165, 1.54) is 141 Å². The fourth-order valence-electron chi connectivity index (χ4n) is 17.9. The number of rotatable bonds is 65. The van der Waals surface area contributed by atoms with E-state index in [4.69, 9.17) is 56.8 Å². The van der Waals surface area contributed by atoms with Gasteiger partial charge >= 0.3 is 11.9 Å². The van der Waals surface area contributed by atoms with Gasteiger partial charge in [-0.25, -0.2) is 9.59 Å². The zero-order chi connectivity index (χ0) is 98.1. The maximum atomic E-state index is 13.7. The summed E-state index contributed by atoms with van der Waals surface area (Å²) in [5.41, 5.74) is 0. The number of aliphatic hydroxyl groups excluding tert-OH is 19. The second kappa shape index (κ2) is 61.1. The van der Waals surface area contributed by atoms with Gasteiger partial charge in [0.2, 0.25) is 23.6 Å². The minimum atomic E-state index is -3.37. The summed E-state index contributed by atoms with van der Waals surface area (Å²) < 4.78 is 71.8. The highest BCUT2D eigenvalue weighted by Crippen LogP contribution is 2.42. The monoisotopic (exact) mass is 1920 g/mol. The van der Waals surface area contributed by atoms with Crippen molar-refractivity contribution >= 4 is 35.6 Å². The molecule has 774 valence electrons. The molecule has 43 nitrogen and oxygen atoms in total. The number of hydrogen-bond donors (Lipinski definition) is 25. The van der Waals surface area contributed by atoms with Gasteiger partial charge in [-0.15, -0.1) is 0 Å². The van der Waals surface area contributed by atoms with Gasteiger partial charge < -0.3 is 185 Å². The Morgan fingerprint density at radius 1 is 0.406 bits per heavy atom. The van der Waals surface area contributed by atoms with Crippen LogP contribution < -0.4 is 21.3 Å². The van der Waals surface area contributed by atoms with Crippen molar-refractivity contribution in [3.63, 3.8) is 0 Å². The lowest BCUT2D eigenvalue weighted by atomic mass is 9.88. The third kappa shape index (κ3) is 36.1. The minimum absolute atomic E-state index is 0.116. The van der Waals surface area contributed by atoms with Gasteiger partial charge in [0.15, 0.2) is 25.2 Å². The van der Waals surface area contributed by atoms with Crippen molar-refractivity contribution in [3.05, 3.63) is 12.2 Å². The summed E-state index contributed by atoms with van der Waals surface area (Å²) >= 11 is 0. The Bertz CT molecular complexity index is 3310. The van der Waals surface area contributed by atoms with Crippen LogP contribution in [0.1, 0.15) is 266 Å². The highest BCUT2D eigenvalue weighted by molar-refractivity contribution is 5.78. The molecular weight excluding hydrogens is 1760 g/mol. The average molecular weight is 1920 g/mol. The predicted octanol–water partition coefficient (Wildman–Crippen LogP) is -1.53. The summed E-state index contributed by atoms with van der Waals surface area (Å²) in [6.45, 7) is -0.630. The molecule has 4 amide bonds. The van der Waals surface area contributed by atoms with Crippen molar-refractivity contribution < 1.29 is 193 Å². The molecule has 0 aromatic heterocycles. The summed E-state index contributed by atoms with van der Waals surface area (Å²) in [4.78, 5) is 79.2. The molecule has 6 saturated heterocycles. The molecule has 0 saturated carbocycles. The van der Waals surface area contributed by atoms with Gasteiger partial charge in [0.25, 0.3) is 11.6 Å². The van der Waals surface area contributed by atoms with E-state index in [9.17, 15) is 136 Å². The third-order valence-electron chi connectivity index (χ3n) is 25.6. The van der Waals surface area contributed by atoms with Crippen LogP contribution in [0, 0.1) is 0 Å². The first-order valence-electron chi connectivity index (χ1n) is 48.2. The van der Waals surface area contributed by atoms with E-state index in [2.05, 4.69) is 35.1 Å². The van der Waals surface area contributed by atoms with Gasteiger partial charge in [-0.05, 0) is 19.3 Å². The predicted molar refractivity (Wildman–Crippen MR) is 467 cm³/mol. The van der Waals surface area contributed by atoms with Crippen molar-refractivity contribution in [1.82, 2.24) is 21.3 Å². The maximum Gasteiger partial charge on any atom is 0.364 e. The molecule has 0 aromatic rings. The van der Waals surface area contributed by atoms with Crippen LogP contribution in [0.15, 0.2) is 12.2 Å². The van der Waals surface area contributed by atoms with Crippen LogP contribution in [0.5, 0.6) is 0 Å². The number of allylic oxidation sites excluding steroid dienone is 1. The van der Waals surface area contributed by atoms with Crippen molar-refractivity contribution in [2.45, 2.75) is 473 Å². The second-order valence-electron chi connectivity index (χ2n) is 36.4. The molecule has 0 radical (unpaired) electrons. The summed E-state index contributed by atoms with van der Waals surface area (Å²) in [5, 5.41) is 247. The smallest absolute Gasteiger partial charge is 0.364 e. The van der Waals surface area contributed by atoms with Crippen LogP contribution in [-0.2, 0) is 85.6 Å². The second-order valence-corrected chi connectivity index (χ2v) is 36.4. The molecule has 6 aliphatic heterocycles. The molecule has 6 rings (SSSR count). The number of aliphatic hydroxyl groups is 19. The zero-order valence-corrected chi connectivity index (χ0v) is 77.8. The zero-order valence-electron chi connectivity index (χ0n) is 77.8. The Morgan fingerprint density at radius 2 is 0.774 bits per heavy atom. The number of aliphatic carboxylic acids is 2. The lowest BCUT2D eigenvalue weighted by Gasteiger charge is -2.52. The van der Waals surface area contributed by atoms with Gasteiger partial charge in [0.05, 0.1) is 82.7 Å². The molecule has 12 unspecified atom stereocenters. The van der Waals surface area contributed by atoms with Crippen molar-refractivity contribution in [3.8, 4) is 0 Å². The molecule has 133 heavy (non-hydrogen) atoms. The Hall–Kier alpha value is -4.68. The molecule has 0 bridgehead atoms. The molecule has 43 heteroatoms. The number of hydrogen-bond acceptors (Lipinski definition) is 37. The van der Waals surface area contributed by atoms with Gasteiger partial charge in [0, 0.05) is 40.0 Å². The number of carbonyl (C=O) groups is 6. The van der Waals surface area contributed by atoms with Crippen LogP contribution in [-0.4, -0.2) is 396 Å². The van der Waals surface area contributed by atoms with Crippen molar-refractivity contribution in [2.75, 3.05) is 46.2 Å². The van der Waals surface area contributed by atoms with Crippen LogP contribution in [0.3, 0.4) is 0 Å². The van der Waals surface area contributed by atoms with E-state index < -0.39 is 302 Å². The normalized spacial score (nSPS) is 34.1. The number of carboxylic acids is 2. The minimum Gasteiger partial charge on any atom is -0.477 e. The van der Waals surface area contributed by atoms with E-state index >= 15 is 0 Å². The number of nitrogens with one attached hydrogen (secondary N) is 4. The molecular formula is C90H160N4O39. The van der Waals surface area contributed by atoms with Crippen LogP contribution in [0.25, 0.3) is 0 Å². The van der Waals surface area contributed by atoms with E-state index in [1.54, 1.807) is 6.08 Å². The van der Waals surface area contributed by atoms with E-state index in [1.807, 2.05) is 0 Å². The highest BCUT2D eigenvalue weighted by atomic mass is 16.8. The first-order valence-corrected chi connectivity index (χ1v) is 48.2. The van der Waals surface area contributed by atoms with Gasteiger partial charge in [-0.1, -0.05) is 219 Å². The molecule has 6 aliphatic rings. The first-order chi connectivity index (χ1) is 63.5. The molecule has 0 spiro atoms. The average Bonchev–Trinajstić information content (AvgIpc) is 0.755. The Kier molecular flexibility index (Phi) is 53.8. The summed E-state index contributed by atoms with van der Waals surface area (Å²) in [6, 6.07) is -6.88. The van der Waals surface area contributed by atoms with Crippen LogP contribution >= 0.6 is 0 Å². The molecule has 6 fully saturated rings. The molecule has 34 atom stereocenters. The largest absolute Gasteiger partial charge is 0.477 e. The van der Waals surface area contributed by atoms with Crippen molar-refractivity contribution in [1.29, 1.82) is 0 Å². The summed E-state index contributed by atoms with van der Waals surface area (Å²) in [7, 11) is 0. The number of unbranched alkanes of at least 4 members (excludes halogenated alkanes) is 31. The molecule has 0 aliphatic carbocycles. The molecule has 0 aromatic carbocycles. The fourth-order valence-corrected chi connectivity index (χ4v) is 17.9. The highest BCUT2D eigenvalue weighted by Gasteiger charge is 2.63. The fraction of sp³-hybridized carbons (Fsp3) is 0.911. The first kappa shape index (κ1) is 117. The molecule has 6 heterocycles. The lowest BCUT2D eigenvalue weighted by Crippen LogP contribution is -2.72. The Labute approximate surface area is 778 Å². The van der Waals surface area contributed by atoms with Gasteiger partial charge in [-0.3, -0.25) is 19.2 Å². The van der Waals surface area contributed by atoms with Crippen molar-refractivity contribution in [2.24, 2.45) is 0 Å². The van der Waals surface area contributed by atoms with E-state index in [-0.39, 0.29) is 6.42 Å². The third-order valence-corrected chi connectivity index (χ3v) is 25.6. The lowest BCUT2D eigenvalue weighted by molar-refractivity contribution is -0.391. The SMILES string of the molecule is CCCCCCCCCCCCC/C=C/[C@@H](O)[C@H](CO[C@@H]1OC(CO)[C@@H](O[C@@H]2OC(CO)[C@H](O)[C@H](O[C@@H]3OC(CO[C@]4(C(=O)O)CC(O)[C@@H](NC(C)=O)C([C@H](O)[C@H](O)CO)O4)[C@@H](O)[C@H](O[C@@H]4OC(CO)[C@H](O)[C@H](O[C@]5(C(=O)O)CC(O)[C@@H](NC(C)=O)C([C@H](O)[C@H](O)CO)O5)C4O)C3NC(C)=O)C2O)[C@H](O)C1O)NC(=O)CCCCCCCCCCCCCCCCCCCCCCC. The topological polar surface area (TPSA) is 686 Å². The summed E-state index contributed by atoms with van der Waals surface area (Å²) in [6.07, 6.45) is -22.7. The quantitative estimate of drug-likeness (QED) is 0.0243. The van der Waals surface area contributed by atoms with Crippen LogP contribution in [0.4, 0.5) is 0 Å². The number of carboxylic acid groups (broad SMARTS) is 2. The number of amides is 4. The standard InChI is InChI=1S/C90H160N4O39/c1-6-8-10-12-14-16-18-20-21-22-23-24-25-26-27-29-31-33-35-37-39-41-64(108)94-54(55(103)40-38-36-34-32-30-28-19-17-15-13-11-9-7-2)49-122-84-74(115)73(114)77(62(48-99)126-84)128-85-75(116)81(70(111)60(46-97)124-85)130-83-67(93-53(5)102)78(72(113)63(127-83)50-123-89(87(118)119)42-56(104)65(91-51(3)100)79(131-89)68(109)58(106)44-95)129-86-76(117)82(71(112)61(47-98)125-86)133-90(88(120)121)43-57(105)66(92-52(4)101)80(132-90)69(110)59(107)45-96/h38,40,54-63,65-86,95-99,103-107,109-117H,6-37,39,41-50H2,1-5H3,(H,91,100)(H,92,101)(H,93,102)(H,94,108)(H,118,119)(H,120,121)/b40-38+/t54-,55+,56?,57?,58+,59+,60?,61?,62?,63?,65+,66+,67?,68+,69+,70-,71-,72+,73+,74?,75?,76?,77+,78+,79?,80?,81-,82-,83-,84+,85-,86-,89+,90-/m0/s1. The number of carbonyl (C=O) groups excluding carboxylic acids is 4. The summed E-state index contributed by atoms with van der Waals surface area (Å²) in [5.74, 6) is -14.2. The Morgan fingerprint density at radius 3 is 1.20 bits per heavy atom. The molecule has 25 N–H and O–H groups in total. The Balaban J connectivity index is 1.23. The van der Waals surface area contributed by atoms with Gasteiger partial charge in [-0.2, -0.15) is 0 Å². The number of ether oxygens (including phenoxy) is 12. The van der Waals surface area contributed by atoms with E-state index in [0.717, 1.165) is 85.0 Å². The van der Waals surface area contributed by atoms with Crippen LogP contribution in [0.2, 0.25) is 0 Å². The van der Waals surface area contributed by atoms with E-state index in [0.29, 0.717) is 12.8 Å².